The summed E-state index contributed by atoms with van der Waals surface area (Å²) in [7, 11) is 0. The molecule has 1 aliphatic rings. The van der Waals surface area contributed by atoms with Crippen molar-refractivity contribution in [3.05, 3.63) is 46.5 Å². The van der Waals surface area contributed by atoms with E-state index in [1.165, 1.54) is 0 Å². The van der Waals surface area contributed by atoms with Gasteiger partial charge in [0.2, 0.25) is 6.41 Å². The van der Waals surface area contributed by atoms with Crippen LogP contribution >= 0.6 is 0 Å². The zero-order valence-corrected chi connectivity index (χ0v) is 25.4. The van der Waals surface area contributed by atoms with Crippen molar-refractivity contribution in [3.63, 3.8) is 0 Å². The molecule has 0 spiro atoms. The van der Waals surface area contributed by atoms with E-state index in [0.29, 0.717) is 35.5 Å². The van der Waals surface area contributed by atoms with Crippen molar-refractivity contribution in [1.29, 1.82) is 0 Å². The number of benzene rings is 2. The molecular weight excluding hydrogens is 506 g/mol. The standard InChI is InChI=1S/C28H37N3O4.C4H10O/c1-6-29-27(35)31(28(5)14-8-7-9-15-28)26-20(4)24(21-12-10-18(2)11-13-21)22(16-23(33)34)19(3)25(26)30-17-32;1-4(2,3)5/h10-13,17H,6-9,14-16H2,1-5H3,(H,29,35)(H,30,32)(H,33,34);5H,1-3H3. The zero-order valence-electron chi connectivity index (χ0n) is 25.4. The summed E-state index contributed by atoms with van der Waals surface area (Å²) < 4.78 is 0. The van der Waals surface area contributed by atoms with E-state index in [4.69, 9.17) is 5.11 Å². The second-order valence-electron chi connectivity index (χ2n) is 11.9. The van der Waals surface area contributed by atoms with E-state index in [1.807, 2.05) is 56.9 Å². The minimum atomic E-state index is -0.953. The Morgan fingerprint density at radius 3 is 2.05 bits per heavy atom. The summed E-state index contributed by atoms with van der Waals surface area (Å²) in [6.07, 6.45) is 5.26. The van der Waals surface area contributed by atoms with Crippen LogP contribution in [0.3, 0.4) is 0 Å². The molecule has 0 radical (unpaired) electrons. The number of urea groups is 1. The predicted octanol–water partition coefficient (Wildman–Crippen LogP) is 6.51. The van der Waals surface area contributed by atoms with Crippen LogP contribution in [0.5, 0.6) is 0 Å². The molecule has 0 atom stereocenters. The molecule has 2 aromatic carbocycles. The number of amides is 3. The molecule has 0 aromatic heterocycles. The first-order valence-electron chi connectivity index (χ1n) is 14.1. The largest absolute Gasteiger partial charge is 0.481 e. The van der Waals surface area contributed by atoms with Gasteiger partial charge >= 0.3 is 12.0 Å². The highest BCUT2D eigenvalue weighted by Crippen LogP contribution is 2.47. The third-order valence-corrected chi connectivity index (χ3v) is 7.19. The number of nitrogens with one attached hydrogen (secondary N) is 2. The molecule has 0 heterocycles. The van der Waals surface area contributed by atoms with Gasteiger partial charge in [-0.05, 0) is 96.0 Å². The van der Waals surface area contributed by atoms with Crippen molar-refractivity contribution < 1.29 is 24.6 Å². The number of aliphatic carboxylic acids is 1. The fourth-order valence-corrected chi connectivity index (χ4v) is 5.43. The number of rotatable bonds is 8. The van der Waals surface area contributed by atoms with Gasteiger partial charge in [0.25, 0.3) is 0 Å². The number of hydrogen-bond acceptors (Lipinski definition) is 4. The number of carboxylic acid groups (broad SMARTS) is 1. The van der Waals surface area contributed by atoms with Crippen molar-refractivity contribution in [2.24, 2.45) is 0 Å². The van der Waals surface area contributed by atoms with Crippen LogP contribution in [-0.4, -0.2) is 46.3 Å². The molecule has 1 saturated carbocycles. The Bertz CT molecular complexity index is 1190. The van der Waals surface area contributed by atoms with E-state index in [0.717, 1.165) is 54.4 Å². The Kier molecular flexibility index (Phi) is 11.3. The van der Waals surface area contributed by atoms with Crippen LogP contribution in [-0.2, 0) is 16.0 Å². The van der Waals surface area contributed by atoms with Crippen molar-refractivity contribution in [1.82, 2.24) is 5.32 Å². The molecule has 8 heteroatoms. The second kappa shape index (κ2) is 13.8. The number of carboxylic acids is 1. The number of anilines is 2. The van der Waals surface area contributed by atoms with Gasteiger partial charge in [-0.1, -0.05) is 49.1 Å². The Balaban J connectivity index is 0.00000103. The SMILES string of the molecule is CC(C)(C)O.CCNC(=O)N(c1c(C)c(-c2ccc(C)cc2)c(CC(=O)O)c(C)c1NC=O)C1(C)CCCCC1. The summed E-state index contributed by atoms with van der Waals surface area (Å²) in [5.74, 6) is -0.953. The molecule has 2 aromatic rings. The Hall–Kier alpha value is -3.39. The lowest BCUT2D eigenvalue weighted by Crippen LogP contribution is -2.55. The zero-order chi connectivity index (χ0) is 30.3. The number of nitrogens with zero attached hydrogens (tertiary/aromatic N) is 1. The van der Waals surface area contributed by atoms with Crippen LogP contribution in [0.15, 0.2) is 24.3 Å². The smallest absolute Gasteiger partial charge is 0.322 e. The van der Waals surface area contributed by atoms with Gasteiger partial charge in [0.05, 0.1) is 23.4 Å². The minimum absolute atomic E-state index is 0.192. The van der Waals surface area contributed by atoms with E-state index < -0.39 is 17.1 Å². The second-order valence-corrected chi connectivity index (χ2v) is 11.9. The molecule has 3 rings (SSSR count). The molecule has 8 nitrogen and oxygen atoms in total. The molecule has 1 fully saturated rings. The third kappa shape index (κ3) is 8.31. The fourth-order valence-electron chi connectivity index (χ4n) is 5.43. The first kappa shape index (κ1) is 32.8. The van der Waals surface area contributed by atoms with Crippen LogP contribution in [0.25, 0.3) is 11.1 Å². The fraction of sp³-hybridized carbons (Fsp3) is 0.531. The number of carbonyl (C=O) groups excluding carboxylic acids is 2. The van der Waals surface area contributed by atoms with Crippen molar-refractivity contribution in [3.8, 4) is 11.1 Å². The van der Waals surface area contributed by atoms with E-state index in [1.54, 1.807) is 20.8 Å². The van der Waals surface area contributed by atoms with E-state index in [-0.39, 0.29) is 12.5 Å². The molecule has 0 bridgehead atoms. The number of carbonyl (C=O) groups is 3. The van der Waals surface area contributed by atoms with Gasteiger partial charge in [-0.2, -0.15) is 0 Å². The van der Waals surface area contributed by atoms with Crippen LogP contribution in [0, 0.1) is 20.8 Å². The summed E-state index contributed by atoms with van der Waals surface area (Å²) in [6.45, 7) is 15.4. The molecule has 0 saturated heterocycles. The van der Waals surface area contributed by atoms with Crippen molar-refractivity contribution >= 4 is 29.8 Å². The summed E-state index contributed by atoms with van der Waals surface area (Å²) in [5.41, 5.74) is 5.03. The molecule has 0 unspecified atom stereocenters. The van der Waals surface area contributed by atoms with Gasteiger partial charge in [0.1, 0.15) is 0 Å². The third-order valence-electron chi connectivity index (χ3n) is 7.19. The summed E-state index contributed by atoms with van der Waals surface area (Å²) >= 11 is 0. The van der Waals surface area contributed by atoms with E-state index in [2.05, 4.69) is 17.6 Å². The average molecular weight is 554 g/mol. The van der Waals surface area contributed by atoms with Crippen LogP contribution < -0.4 is 15.5 Å². The Morgan fingerprint density at radius 1 is 1.02 bits per heavy atom. The minimum Gasteiger partial charge on any atom is -0.481 e. The maximum Gasteiger partial charge on any atom is 0.322 e. The van der Waals surface area contributed by atoms with E-state index in [9.17, 15) is 19.5 Å². The van der Waals surface area contributed by atoms with Crippen molar-refractivity contribution in [2.75, 3.05) is 16.8 Å². The van der Waals surface area contributed by atoms with Gasteiger partial charge in [0.15, 0.2) is 0 Å². The first-order chi connectivity index (χ1) is 18.6. The molecule has 4 N–H and O–H groups in total. The molecular formula is C32H47N3O5. The predicted molar refractivity (Wildman–Crippen MR) is 162 cm³/mol. The number of aryl methyl sites for hydroxylation is 1. The highest BCUT2D eigenvalue weighted by atomic mass is 16.4. The molecule has 40 heavy (non-hydrogen) atoms. The maximum atomic E-state index is 13.6. The van der Waals surface area contributed by atoms with Crippen molar-refractivity contribution in [2.45, 2.75) is 105 Å². The van der Waals surface area contributed by atoms with Crippen LogP contribution in [0.2, 0.25) is 0 Å². The van der Waals surface area contributed by atoms with Gasteiger partial charge in [0, 0.05) is 12.1 Å². The number of hydrogen-bond donors (Lipinski definition) is 4. The number of aliphatic hydroxyl groups is 1. The molecule has 3 amide bonds. The van der Waals surface area contributed by atoms with Gasteiger partial charge < -0.3 is 20.8 Å². The normalized spacial score (nSPS) is 14.4. The first-order valence-corrected chi connectivity index (χ1v) is 14.1. The van der Waals surface area contributed by atoms with E-state index >= 15 is 0 Å². The van der Waals surface area contributed by atoms with Crippen LogP contribution in [0.4, 0.5) is 16.2 Å². The van der Waals surface area contributed by atoms with Gasteiger partial charge in [-0.15, -0.1) is 0 Å². The van der Waals surface area contributed by atoms with Gasteiger partial charge in [-0.25, -0.2) is 4.79 Å². The lowest BCUT2D eigenvalue weighted by molar-refractivity contribution is -0.136. The maximum absolute atomic E-state index is 13.6. The lowest BCUT2D eigenvalue weighted by Gasteiger charge is -2.45. The highest BCUT2D eigenvalue weighted by Gasteiger charge is 2.40. The summed E-state index contributed by atoms with van der Waals surface area (Å²) in [6, 6.07) is 7.75. The average Bonchev–Trinajstić information content (AvgIpc) is 2.84. The lowest BCUT2D eigenvalue weighted by atomic mass is 9.80. The monoisotopic (exact) mass is 553 g/mol. The van der Waals surface area contributed by atoms with Crippen LogP contribution in [0.1, 0.15) is 89.0 Å². The Morgan fingerprint density at radius 2 is 1.57 bits per heavy atom. The Labute approximate surface area is 239 Å². The topological polar surface area (TPSA) is 119 Å². The molecule has 0 aliphatic heterocycles. The molecule has 1 aliphatic carbocycles. The highest BCUT2D eigenvalue weighted by molar-refractivity contribution is 6.03. The quantitative estimate of drug-likeness (QED) is 0.278. The summed E-state index contributed by atoms with van der Waals surface area (Å²) in [5, 5.41) is 24.1. The summed E-state index contributed by atoms with van der Waals surface area (Å²) in [4.78, 5) is 39.1. The molecule has 220 valence electrons. The van der Waals surface area contributed by atoms with Gasteiger partial charge in [-0.3, -0.25) is 14.5 Å².